The fourth-order valence-corrected chi connectivity index (χ4v) is 6.54. The van der Waals surface area contributed by atoms with Crippen molar-refractivity contribution in [2.24, 2.45) is 5.73 Å². The van der Waals surface area contributed by atoms with E-state index in [0.717, 1.165) is 43.2 Å². The van der Waals surface area contributed by atoms with Gasteiger partial charge in [-0.3, -0.25) is 0 Å². The molecule has 0 unspecified atom stereocenters. The number of sulfone groups is 1. The van der Waals surface area contributed by atoms with Gasteiger partial charge in [-0.25, -0.2) is 8.42 Å². The van der Waals surface area contributed by atoms with Crippen LogP contribution in [0, 0.1) is 13.8 Å². The van der Waals surface area contributed by atoms with Crippen LogP contribution >= 0.6 is 12.4 Å². The predicted molar refractivity (Wildman–Crippen MR) is 105 cm³/mol. The zero-order valence-electron chi connectivity index (χ0n) is 15.7. The largest absolute Gasteiger partial charge is 0.338 e. The van der Waals surface area contributed by atoms with Crippen LogP contribution in [-0.4, -0.2) is 18.6 Å². The summed E-state index contributed by atoms with van der Waals surface area (Å²) in [5.41, 5.74) is 7.41. The molecule has 6 nitrogen and oxygen atoms in total. The molecule has 0 spiro atoms. The van der Waals surface area contributed by atoms with E-state index in [9.17, 15) is 8.42 Å². The van der Waals surface area contributed by atoms with Crippen molar-refractivity contribution in [2.45, 2.75) is 74.0 Å². The Morgan fingerprint density at radius 2 is 1.74 bits per heavy atom. The Hall–Kier alpha value is -1.44. The quantitative estimate of drug-likeness (QED) is 0.823. The predicted octanol–water partition coefficient (Wildman–Crippen LogP) is 3.69. The molecule has 2 fully saturated rings. The number of halogens is 1. The molecule has 0 atom stereocenters. The van der Waals surface area contributed by atoms with Crippen LogP contribution in [0.4, 0.5) is 0 Å². The normalized spacial score (nSPS) is 20.7. The summed E-state index contributed by atoms with van der Waals surface area (Å²) in [6.07, 6.45) is 5.31. The van der Waals surface area contributed by atoms with Gasteiger partial charge >= 0.3 is 0 Å². The number of benzene rings is 1. The van der Waals surface area contributed by atoms with Gasteiger partial charge in [0.2, 0.25) is 5.89 Å². The lowest BCUT2D eigenvalue weighted by Gasteiger charge is -2.34. The van der Waals surface area contributed by atoms with Crippen LogP contribution in [0.2, 0.25) is 0 Å². The van der Waals surface area contributed by atoms with Crippen molar-refractivity contribution >= 4 is 22.2 Å². The molecule has 2 aliphatic carbocycles. The Bertz CT molecular complexity index is 945. The minimum atomic E-state index is -3.66. The Morgan fingerprint density at radius 1 is 1.07 bits per heavy atom. The Morgan fingerprint density at radius 3 is 2.33 bits per heavy atom. The molecule has 27 heavy (non-hydrogen) atoms. The molecule has 2 N–H and O–H groups in total. The summed E-state index contributed by atoms with van der Waals surface area (Å²) in [7, 11) is -3.66. The SMILES string of the molecule is Cc1ccc(C)c(S(=O)(=O)C2(c3nc(C4(N)CCC4)no3)CCCC2)c1.Cl. The first-order valence-corrected chi connectivity index (χ1v) is 10.7. The van der Waals surface area contributed by atoms with Crippen molar-refractivity contribution in [3.05, 3.63) is 41.0 Å². The molecule has 0 amide bonds. The minimum absolute atomic E-state index is 0. The van der Waals surface area contributed by atoms with E-state index >= 15 is 0 Å². The number of aromatic nitrogens is 2. The fourth-order valence-electron chi connectivity index (χ4n) is 4.14. The molecule has 8 heteroatoms. The van der Waals surface area contributed by atoms with Crippen LogP contribution in [0.5, 0.6) is 0 Å². The zero-order valence-corrected chi connectivity index (χ0v) is 17.3. The van der Waals surface area contributed by atoms with Gasteiger partial charge in [0, 0.05) is 0 Å². The summed E-state index contributed by atoms with van der Waals surface area (Å²) in [6, 6.07) is 5.53. The van der Waals surface area contributed by atoms with E-state index in [1.54, 1.807) is 6.07 Å². The third-order valence-corrected chi connectivity index (χ3v) is 8.70. The number of nitrogens with zero attached hydrogens (tertiary/aromatic N) is 2. The van der Waals surface area contributed by atoms with Crippen LogP contribution in [0.1, 0.15) is 67.8 Å². The second kappa shape index (κ2) is 6.87. The van der Waals surface area contributed by atoms with Crippen molar-refractivity contribution in [1.82, 2.24) is 10.1 Å². The first kappa shape index (κ1) is 20.3. The highest BCUT2D eigenvalue weighted by Gasteiger charge is 2.54. The van der Waals surface area contributed by atoms with E-state index in [1.165, 1.54) is 0 Å². The number of hydrogen-bond donors (Lipinski definition) is 1. The lowest BCUT2D eigenvalue weighted by Crippen LogP contribution is -2.44. The van der Waals surface area contributed by atoms with E-state index in [-0.39, 0.29) is 18.3 Å². The molecule has 1 aromatic heterocycles. The number of hydrogen-bond acceptors (Lipinski definition) is 6. The third kappa shape index (κ3) is 3.00. The molecule has 1 aromatic carbocycles. The standard InChI is InChI=1S/C19H25N3O3S.ClH/c1-13-6-7-14(2)15(12-13)26(23,24)19(10-3-4-11-19)17-21-16(22-25-17)18(20)8-5-9-18;/h6-7,12H,3-5,8-11,20H2,1-2H3;1H. The average molecular weight is 412 g/mol. The third-order valence-electron chi connectivity index (χ3n) is 6.07. The molecule has 1 heterocycles. The molecule has 148 valence electrons. The van der Waals surface area contributed by atoms with Gasteiger partial charge in [-0.15, -0.1) is 12.4 Å². The first-order valence-electron chi connectivity index (χ1n) is 9.24. The first-order chi connectivity index (χ1) is 12.3. The summed E-state index contributed by atoms with van der Waals surface area (Å²) in [5, 5.41) is 4.07. The smallest absolute Gasteiger partial charge is 0.248 e. The molecule has 2 aromatic rings. The zero-order chi connectivity index (χ0) is 18.6. The topological polar surface area (TPSA) is 99.1 Å². The van der Waals surface area contributed by atoms with Crippen molar-refractivity contribution in [1.29, 1.82) is 0 Å². The highest BCUT2D eigenvalue weighted by atomic mass is 35.5. The molecule has 2 aliphatic rings. The summed E-state index contributed by atoms with van der Waals surface area (Å²) < 4.78 is 31.8. The maximum atomic E-state index is 13.7. The second-order valence-electron chi connectivity index (χ2n) is 7.91. The van der Waals surface area contributed by atoms with E-state index in [1.807, 2.05) is 26.0 Å². The van der Waals surface area contributed by atoms with Crippen LogP contribution in [0.25, 0.3) is 0 Å². The van der Waals surface area contributed by atoms with E-state index in [4.69, 9.17) is 10.3 Å². The van der Waals surface area contributed by atoms with Gasteiger partial charge in [-0.1, -0.05) is 30.1 Å². The van der Waals surface area contributed by atoms with Crippen molar-refractivity contribution in [2.75, 3.05) is 0 Å². The Balaban J connectivity index is 0.00000210. The molecular weight excluding hydrogens is 386 g/mol. The maximum Gasteiger partial charge on any atom is 0.248 e. The molecule has 0 saturated heterocycles. The van der Waals surface area contributed by atoms with Gasteiger partial charge in [-0.05, 0) is 63.1 Å². The van der Waals surface area contributed by atoms with Gasteiger partial charge in [0.05, 0.1) is 10.4 Å². The van der Waals surface area contributed by atoms with Gasteiger partial charge in [0.25, 0.3) is 0 Å². The minimum Gasteiger partial charge on any atom is -0.338 e. The molecule has 0 radical (unpaired) electrons. The van der Waals surface area contributed by atoms with Crippen LogP contribution < -0.4 is 5.73 Å². The van der Waals surface area contributed by atoms with Crippen LogP contribution in [0.15, 0.2) is 27.6 Å². The van der Waals surface area contributed by atoms with E-state index < -0.39 is 20.1 Å². The van der Waals surface area contributed by atoms with Crippen molar-refractivity contribution < 1.29 is 12.9 Å². The van der Waals surface area contributed by atoms with Crippen molar-refractivity contribution in [3.8, 4) is 0 Å². The van der Waals surface area contributed by atoms with E-state index in [0.29, 0.717) is 23.6 Å². The van der Waals surface area contributed by atoms with E-state index in [2.05, 4.69) is 10.1 Å². The maximum absolute atomic E-state index is 13.7. The van der Waals surface area contributed by atoms with Gasteiger partial charge in [-0.2, -0.15) is 4.98 Å². The summed E-state index contributed by atoms with van der Waals surface area (Å²) >= 11 is 0. The summed E-state index contributed by atoms with van der Waals surface area (Å²) in [5.74, 6) is 0.656. The van der Waals surface area contributed by atoms with Gasteiger partial charge < -0.3 is 10.3 Å². The monoisotopic (exact) mass is 411 g/mol. The molecule has 0 aliphatic heterocycles. The lowest BCUT2D eigenvalue weighted by atomic mass is 9.77. The number of aryl methyl sites for hydroxylation is 2. The van der Waals surface area contributed by atoms with Crippen LogP contribution in [0.3, 0.4) is 0 Å². The second-order valence-corrected chi connectivity index (χ2v) is 10.1. The Labute approximate surface area is 166 Å². The molecule has 0 bridgehead atoms. The highest BCUT2D eigenvalue weighted by molar-refractivity contribution is 7.92. The van der Waals surface area contributed by atoms with Gasteiger partial charge in [0.15, 0.2) is 20.4 Å². The molecule has 2 saturated carbocycles. The van der Waals surface area contributed by atoms with Gasteiger partial charge in [0.1, 0.15) is 0 Å². The lowest BCUT2D eigenvalue weighted by molar-refractivity contribution is 0.228. The summed E-state index contributed by atoms with van der Waals surface area (Å²) in [6.45, 7) is 3.73. The summed E-state index contributed by atoms with van der Waals surface area (Å²) in [4.78, 5) is 4.89. The average Bonchev–Trinajstić information content (AvgIpc) is 3.24. The molecule has 4 rings (SSSR count). The number of rotatable bonds is 4. The van der Waals surface area contributed by atoms with Crippen LogP contribution in [-0.2, 0) is 20.1 Å². The molecular formula is C19H26ClN3O3S. The Kier molecular flexibility index (Phi) is 5.16. The number of nitrogens with two attached hydrogens (primary N) is 1. The fraction of sp³-hybridized carbons (Fsp3) is 0.579. The highest BCUT2D eigenvalue weighted by Crippen LogP contribution is 2.49. The van der Waals surface area contributed by atoms with Crippen molar-refractivity contribution in [3.63, 3.8) is 0 Å².